The average Bonchev–Trinajstić information content (AvgIpc) is 4.16. The van der Waals surface area contributed by atoms with Gasteiger partial charge in [0.25, 0.3) is 0 Å². The Kier molecular flexibility index (Phi) is 12.8. The molecule has 0 atom stereocenters. The number of fused-ring (bicyclic) bond motifs is 6. The van der Waals surface area contributed by atoms with Crippen LogP contribution in [0.4, 0.5) is 13.2 Å². The summed E-state index contributed by atoms with van der Waals surface area (Å²) >= 11 is 0. The molecule has 0 saturated carbocycles. The van der Waals surface area contributed by atoms with E-state index in [1.165, 1.54) is 28.3 Å². The Morgan fingerprint density at radius 1 is 0.317 bits per heavy atom. The van der Waals surface area contributed by atoms with Crippen molar-refractivity contribution in [3.05, 3.63) is 235 Å². The molecule has 7 heteroatoms. The first kappa shape index (κ1) is 53.2. The number of aromatic nitrogens is 2. The van der Waals surface area contributed by atoms with E-state index in [2.05, 4.69) is 220 Å². The highest BCUT2D eigenvalue weighted by atomic mass is 19.4. The normalized spacial score (nSPS) is 11.8. The molecule has 10 aromatic carbocycles. The summed E-state index contributed by atoms with van der Waals surface area (Å²) in [5, 5.41) is 26.1. The summed E-state index contributed by atoms with van der Waals surface area (Å²) in [7, 11) is 0. The lowest BCUT2D eigenvalue weighted by Gasteiger charge is -2.19. The molecule has 0 bridgehead atoms. The lowest BCUT2D eigenvalue weighted by molar-refractivity contribution is -0.137. The Bertz CT molecular complexity index is 4250. The summed E-state index contributed by atoms with van der Waals surface area (Å²) in [4.78, 5) is 0. The van der Waals surface area contributed by atoms with Crippen LogP contribution in [0.5, 0.6) is 0 Å². The highest BCUT2D eigenvalue weighted by Gasteiger charge is 2.32. The van der Waals surface area contributed by atoms with Crippen LogP contribution < -0.4 is 0 Å². The first-order chi connectivity index (χ1) is 39.1. The van der Waals surface area contributed by atoms with E-state index in [0.717, 1.165) is 145 Å². The second kappa shape index (κ2) is 19.7. The smallest absolute Gasteiger partial charge is 0.308 e. The second-order valence-corrected chi connectivity index (χ2v) is 23.1. The van der Waals surface area contributed by atoms with Crippen molar-refractivity contribution < 1.29 is 13.2 Å². The molecular weight excluding hydrogens is 1010 g/mol. The molecule has 0 saturated heterocycles. The third kappa shape index (κ3) is 8.84. The van der Waals surface area contributed by atoms with Gasteiger partial charge in [0.05, 0.1) is 50.6 Å². The van der Waals surface area contributed by atoms with Crippen molar-refractivity contribution in [3.63, 3.8) is 0 Å². The van der Waals surface area contributed by atoms with Crippen LogP contribution in [0.25, 0.3) is 111 Å². The Hall–Kier alpha value is -9.43. The van der Waals surface area contributed by atoms with Gasteiger partial charge in [0.2, 0.25) is 0 Å². The zero-order valence-corrected chi connectivity index (χ0v) is 48.4. The quantitative estimate of drug-likeness (QED) is 0.160. The van der Waals surface area contributed by atoms with Crippen molar-refractivity contribution >= 4 is 43.6 Å². The number of hydrogen-bond donors (Lipinski definition) is 0. The molecule has 4 nitrogen and oxygen atoms in total. The van der Waals surface area contributed by atoms with Crippen molar-refractivity contribution in [3.8, 4) is 79.1 Å². The molecule has 12 rings (SSSR count). The Morgan fingerprint density at radius 2 is 0.598 bits per heavy atom. The average molecular weight is 1080 g/mol. The van der Waals surface area contributed by atoms with E-state index in [0.29, 0.717) is 22.5 Å². The van der Waals surface area contributed by atoms with E-state index >= 15 is 0 Å². The van der Waals surface area contributed by atoms with Crippen LogP contribution in [0.2, 0.25) is 0 Å². The van der Waals surface area contributed by atoms with Gasteiger partial charge in [-0.05, 0) is 262 Å². The predicted molar refractivity (Wildman–Crippen MR) is 334 cm³/mol. The zero-order chi connectivity index (χ0) is 58.0. The van der Waals surface area contributed by atoms with Crippen molar-refractivity contribution in [1.29, 1.82) is 10.5 Å². The van der Waals surface area contributed by atoms with Gasteiger partial charge in [-0.1, -0.05) is 95.1 Å². The molecule has 0 spiro atoms. The summed E-state index contributed by atoms with van der Waals surface area (Å²) in [5.74, 6) is 0. The van der Waals surface area contributed by atoms with Gasteiger partial charge >= 0.3 is 6.18 Å². The number of nitriles is 2. The first-order valence-corrected chi connectivity index (χ1v) is 27.8. The number of benzene rings is 10. The third-order valence-corrected chi connectivity index (χ3v) is 16.8. The Morgan fingerprint density at radius 3 is 0.854 bits per heavy atom. The van der Waals surface area contributed by atoms with Gasteiger partial charge in [-0.15, -0.1) is 0 Å². The van der Waals surface area contributed by atoms with Crippen LogP contribution in [0, 0.1) is 106 Å². The second-order valence-electron chi connectivity index (χ2n) is 23.1. The Balaban J connectivity index is 1.23. The predicted octanol–water partition coefficient (Wildman–Crippen LogP) is 20.7. The molecule has 0 aliphatic rings. The molecule has 0 aliphatic carbocycles. The molecule has 402 valence electrons. The summed E-state index contributed by atoms with van der Waals surface area (Å²) < 4.78 is 49.1. The van der Waals surface area contributed by atoms with Crippen LogP contribution >= 0.6 is 0 Å². The van der Waals surface area contributed by atoms with Crippen molar-refractivity contribution in [1.82, 2.24) is 9.13 Å². The molecule has 0 unspecified atom stereocenters. The van der Waals surface area contributed by atoms with Gasteiger partial charge in [0.1, 0.15) is 11.6 Å². The van der Waals surface area contributed by atoms with Gasteiger partial charge in [0, 0.05) is 21.5 Å². The topological polar surface area (TPSA) is 57.4 Å². The lowest BCUT2D eigenvalue weighted by Crippen LogP contribution is -2.07. The van der Waals surface area contributed by atoms with Crippen LogP contribution in [-0.2, 0) is 6.18 Å². The van der Waals surface area contributed by atoms with Crippen molar-refractivity contribution in [2.45, 2.75) is 89.3 Å². The highest BCUT2D eigenvalue weighted by molar-refractivity contribution is 6.14. The molecule has 0 fully saturated rings. The number of hydrogen-bond acceptors (Lipinski definition) is 2. The molecule has 2 heterocycles. The molecule has 82 heavy (non-hydrogen) atoms. The maximum absolute atomic E-state index is 15.0. The van der Waals surface area contributed by atoms with E-state index in [-0.39, 0.29) is 11.1 Å². The molecule has 12 aromatic rings. The number of halogens is 3. The van der Waals surface area contributed by atoms with Gasteiger partial charge in [0.15, 0.2) is 0 Å². The van der Waals surface area contributed by atoms with Gasteiger partial charge in [-0.2, -0.15) is 23.7 Å². The SMILES string of the molecule is Cc1cc(C)c(-c2ccc3c(c2)c2cc(-c4c(C)cc(C)cc4C)ccc2n3-c2cc(-c3cc(C#N)cc(C(F)(F)F)c3)cc(-n3c4ccc(-c5c(C)cc(C)cc5C)cc4c4cc(-c5c(C)cc(C)cc5C)ccc43)c2C#N)c(C)c1. The minimum absolute atomic E-state index is 0.127. The number of nitrogens with zero attached hydrogens (tertiary/aromatic N) is 4. The third-order valence-electron chi connectivity index (χ3n) is 16.8. The van der Waals surface area contributed by atoms with E-state index < -0.39 is 11.7 Å². The largest absolute Gasteiger partial charge is 0.416 e. The fraction of sp³-hybridized carbons (Fsp3) is 0.173. The zero-order valence-electron chi connectivity index (χ0n) is 48.4. The molecule has 0 radical (unpaired) electrons. The maximum atomic E-state index is 15.0. The molecule has 0 N–H and O–H groups in total. The summed E-state index contributed by atoms with van der Waals surface area (Å²) in [6, 6.07) is 55.5. The first-order valence-electron chi connectivity index (χ1n) is 27.8. The highest BCUT2D eigenvalue weighted by Crippen LogP contribution is 2.46. The number of aryl methyl sites for hydroxylation is 12. The maximum Gasteiger partial charge on any atom is 0.416 e. The number of rotatable bonds is 7. The molecule has 2 aromatic heterocycles. The monoisotopic (exact) mass is 1070 g/mol. The van der Waals surface area contributed by atoms with E-state index in [1.54, 1.807) is 0 Å². The number of alkyl halides is 3. The van der Waals surface area contributed by atoms with E-state index in [4.69, 9.17) is 0 Å². The minimum Gasteiger partial charge on any atom is -0.308 e. The Labute approximate surface area is 477 Å². The van der Waals surface area contributed by atoms with Crippen molar-refractivity contribution in [2.75, 3.05) is 0 Å². The minimum atomic E-state index is -4.74. The van der Waals surface area contributed by atoms with E-state index in [9.17, 15) is 23.7 Å². The van der Waals surface area contributed by atoms with Gasteiger partial charge in [-0.25, -0.2) is 0 Å². The molecule has 0 amide bonds. The van der Waals surface area contributed by atoms with Crippen LogP contribution in [0.3, 0.4) is 0 Å². The lowest BCUT2D eigenvalue weighted by atomic mass is 9.91. The van der Waals surface area contributed by atoms with Crippen LogP contribution in [0.1, 0.15) is 83.5 Å². The summed E-state index contributed by atoms with van der Waals surface area (Å²) in [6.45, 7) is 25.6. The van der Waals surface area contributed by atoms with Crippen LogP contribution in [0.15, 0.2) is 152 Å². The fourth-order valence-corrected chi connectivity index (χ4v) is 14.0. The van der Waals surface area contributed by atoms with Gasteiger partial charge in [-0.3, -0.25) is 0 Å². The molecule has 0 aliphatic heterocycles. The molecular formula is C75H61F3N4. The van der Waals surface area contributed by atoms with E-state index in [1.807, 2.05) is 18.2 Å². The van der Waals surface area contributed by atoms with Gasteiger partial charge < -0.3 is 9.13 Å². The van der Waals surface area contributed by atoms with Crippen molar-refractivity contribution in [2.24, 2.45) is 0 Å². The van der Waals surface area contributed by atoms with Crippen LogP contribution in [-0.4, -0.2) is 9.13 Å². The summed E-state index contributed by atoms with van der Waals surface area (Å²) in [6.07, 6.45) is -4.74. The standard InChI is InChI=1S/C75H61F3N4/c1-40-21-44(5)71(45(6)22-40)53-13-17-65-60(32-53)61-33-54(72-46(7)23-41(2)24-47(72)8)14-18-66(61)81(65)69-36-58(57-29-52(38-79)30-59(31-57)75(76,77)78)37-70(64(69)39-80)82-67-19-15-55(73-48(9)25-42(3)26-49(73)10)34-62(67)63-35-56(16-20-68(63)82)74-50(11)27-43(4)28-51(74)12/h13-37H,1-12H3. The fourth-order valence-electron chi connectivity index (χ4n) is 14.0. The summed E-state index contributed by atoms with van der Waals surface area (Å²) in [5.41, 5.74) is 26.9.